The van der Waals surface area contributed by atoms with Gasteiger partial charge < -0.3 is 14.8 Å². The average molecular weight is 327 g/mol. The first-order valence-electron chi connectivity index (χ1n) is 6.70. The van der Waals surface area contributed by atoms with Crippen molar-refractivity contribution in [3.05, 3.63) is 52.4 Å². The van der Waals surface area contributed by atoms with Crippen molar-refractivity contribution >= 4 is 40.3 Å². The quantitative estimate of drug-likeness (QED) is 0.567. The predicted molar refractivity (Wildman–Crippen MR) is 86.8 cm³/mol. The van der Waals surface area contributed by atoms with E-state index in [-0.39, 0.29) is 11.4 Å². The third-order valence-corrected chi connectivity index (χ3v) is 3.53. The van der Waals surface area contributed by atoms with E-state index in [9.17, 15) is 10.1 Å². The smallest absolute Gasteiger partial charge is 0.267 e. The van der Waals surface area contributed by atoms with Crippen LogP contribution in [0, 0.1) is 18.3 Å². The van der Waals surface area contributed by atoms with Crippen molar-refractivity contribution in [3.8, 4) is 6.07 Å². The maximum Gasteiger partial charge on any atom is 0.267 e. The highest BCUT2D eigenvalue weighted by Gasteiger charge is 2.13. The maximum atomic E-state index is 12.2. The lowest BCUT2D eigenvalue weighted by Gasteiger charge is -2.00. The molecule has 6 nitrogen and oxygen atoms in total. The monoisotopic (exact) mass is 326 g/mol. The highest BCUT2D eigenvalue weighted by Crippen LogP contribution is 2.28. The van der Waals surface area contributed by atoms with Gasteiger partial charge in [-0.15, -0.1) is 0 Å². The molecular weight excluding hydrogens is 316 g/mol. The van der Waals surface area contributed by atoms with Gasteiger partial charge in [0.2, 0.25) is 0 Å². The van der Waals surface area contributed by atoms with Gasteiger partial charge in [0.05, 0.1) is 5.02 Å². The molecule has 23 heavy (non-hydrogen) atoms. The molecule has 0 aliphatic rings. The van der Waals surface area contributed by atoms with Crippen molar-refractivity contribution in [1.82, 2.24) is 10.1 Å². The van der Waals surface area contributed by atoms with Crippen LogP contribution in [0.25, 0.3) is 17.0 Å². The third kappa shape index (κ3) is 2.96. The van der Waals surface area contributed by atoms with Crippen LogP contribution < -0.4 is 5.32 Å². The summed E-state index contributed by atoms with van der Waals surface area (Å²) in [5.74, 6) is 0.249. The van der Waals surface area contributed by atoms with E-state index in [1.807, 2.05) is 18.2 Å². The molecule has 7 heteroatoms. The molecule has 2 N–H and O–H groups in total. The molecule has 0 unspecified atom stereocenters. The molecule has 0 atom stereocenters. The number of aromatic amines is 1. The number of hydrogen-bond donors (Lipinski definition) is 2. The Morgan fingerprint density at radius 1 is 1.52 bits per heavy atom. The number of fused-ring (bicyclic) bond motifs is 1. The van der Waals surface area contributed by atoms with E-state index >= 15 is 0 Å². The number of carbonyl (C=O) groups excluding carboxylic acids is 1. The fourth-order valence-corrected chi connectivity index (χ4v) is 2.48. The van der Waals surface area contributed by atoms with Crippen molar-refractivity contribution in [2.45, 2.75) is 6.92 Å². The zero-order valence-corrected chi connectivity index (χ0v) is 12.8. The largest absolute Gasteiger partial charge is 0.361 e. The molecule has 0 aliphatic heterocycles. The molecule has 0 aliphatic carbocycles. The summed E-state index contributed by atoms with van der Waals surface area (Å²) in [5, 5.41) is 16.7. The normalized spacial score (nSPS) is 11.4. The Kier molecular flexibility index (Phi) is 3.87. The number of benzene rings is 1. The summed E-state index contributed by atoms with van der Waals surface area (Å²) in [6.45, 7) is 1.71. The SMILES string of the molecule is Cc1cc(NC(=O)/C(C#N)=C/c2c[nH]c3cccc(Cl)c23)no1. The van der Waals surface area contributed by atoms with Crippen molar-refractivity contribution in [1.29, 1.82) is 5.26 Å². The lowest BCUT2D eigenvalue weighted by molar-refractivity contribution is -0.112. The Hall–Kier alpha value is -3.04. The molecule has 114 valence electrons. The zero-order valence-electron chi connectivity index (χ0n) is 12.1. The summed E-state index contributed by atoms with van der Waals surface area (Å²) in [5.41, 5.74) is 1.42. The minimum Gasteiger partial charge on any atom is -0.361 e. The molecule has 0 fully saturated rings. The standard InChI is InChI=1S/C16H11ClN4O2/c1-9-5-14(21-23-9)20-16(22)10(7-18)6-11-8-19-13-4-2-3-12(17)15(11)13/h2-6,8,19H,1H3,(H,20,21,22)/b10-6+. The topological polar surface area (TPSA) is 94.7 Å². The van der Waals surface area contributed by atoms with Crippen molar-refractivity contribution < 1.29 is 9.32 Å². The number of aromatic nitrogens is 2. The minimum atomic E-state index is -0.567. The molecule has 0 radical (unpaired) electrons. The molecule has 0 spiro atoms. The van der Waals surface area contributed by atoms with Gasteiger partial charge in [-0.1, -0.05) is 22.8 Å². The Bertz CT molecular complexity index is 962. The van der Waals surface area contributed by atoms with E-state index in [2.05, 4.69) is 15.5 Å². The number of halogens is 1. The Morgan fingerprint density at radius 2 is 2.35 bits per heavy atom. The molecule has 2 heterocycles. The van der Waals surface area contributed by atoms with Crippen molar-refractivity contribution in [2.75, 3.05) is 5.32 Å². The molecule has 0 saturated carbocycles. The van der Waals surface area contributed by atoms with E-state index in [4.69, 9.17) is 16.1 Å². The van der Waals surface area contributed by atoms with E-state index < -0.39 is 5.91 Å². The Labute approximate surface area is 136 Å². The number of anilines is 1. The summed E-state index contributed by atoms with van der Waals surface area (Å²) in [7, 11) is 0. The van der Waals surface area contributed by atoms with Crippen LogP contribution in [-0.2, 0) is 4.79 Å². The zero-order chi connectivity index (χ0) is 16.4. The number of nitrogens with one attached hydrogen (secondary N) is 2. The van der Waals surface area contributed by atoms with E-state index in [0.717, 1.165) is 10.9 Å². The van der Waals surface area contributed by atoms with E-state index in [0.29, 0.717) is 16.3 Å². The van der Waals surface area contributed by atoms with Gasteiger partial charge in [0.15, 0.2) is 5.82 Å². The molecule has 1 amide bonds. The molecule has 0 bridgehead atoms. The second-order valence-electron chi connectivity index (χ2n) is 4.85. The van der Waals surface area contributed by atoms with Gasteiger partial charge in [-0.2, -0.15) is 5.26 Å². The molecule has 1 aromatic carbocycles. The number of carbonyl (C=O) groups is 1. The Morgan fingerprint density at radius 3 is 3.04 bits per heavy atom. The van der Waals surface area contributed by atoms with Gasteiger partial charge in [-0.3, -0.25) is 4.79 Å². The van der Waals surface area contributed by atoms with Crippen LogP contribution in [0.3, 0.4) is 0 Å². The lowest BCUT2D eigenvalue weighted by Crippen LogP contribution is -2.13. The number of nitriles is 1. The van der Waals surface area contributed by atoms with Crippen LogP contribution in [0.2, 0.25) is 5.02 Å². The van der Waals surface area contributed by atoms with Crippen LogP contribution in [0.15, 0.2) is 40.6 Å². The van der Waals surface area contributed by atoms with Gasteiger partial charge >= 0.3 is 0 Å². The summed E-state index contributed by atoms with van der Waals surface area (Å²) in [6.07, 6.45) is 3.18. The second kappa shape index (κ2) is 5.99. The highest BCUT2D eigenvalue weighted by atomic mass is 35.5. The predicted octanol–water partition coefficient (Wildman–Crippen LogP) is 3.66. The number of aryl methyl sites for hydroxylation is 1. The number of H-pyrrole nitrogens is 1. The van der Waals surface area contributed by atoms with Gasteiger partial charge in [-0.25, -0.2) is 0 Å². The fourth-order valence-electron chi connectivity index (χ4n) is 2.19. The summed E-state index contributed by atoms with van der Waals surface area (Å²) < 4.78 is 4.87. The summed E-state index contributed by atoms with van der Waals surface area (Å²) >= 11 is 6.19. The fraction of sp³-hybridized carbons (Fsp3) is 0.0625. The molecule has 2 aromatic heterocycles. The second-order valence-corrected chi connectivity index (χ2v) is 5.26. The number of amides is 1. The lowest BCUT2D eigenvalue weighted by atomic mass is 10.1. The van der Waals surface area contributed by atoms with Crippen molar-refractivity contribution in [2.24, 2.45) is 0 Å². The summed E-state index contributed by atoms with van der Waals surface area (Å²) in [6, 6.07) is 8.88. The molecule has 0 saturated heterocycles. The Balaban J connectivity index is 1.94. The van der Waals surface area contributed by atoms with Gasteiger partial charge in [0.1, 0.15) is 17.4 Å². The first-order valence-corrected chi connectivity index (χ1v) is 7.08. The van der Waals surface area contributed by atoms with Gasteiger partial charge in [-0.05, 0) is 25.1 Å². The van der Waals surface area contributed by atoms with Gasteiger partial charge in [0.25, 0.3) is 5.91 Å². The van der Waals surface area contributed by atoms with Crippen LogP contribution >= 0.6 is 11.6 Å². The molecule has 3 aromatic rings. The van der Waals surface area contributed by atoms with Crippen molar-refractivity contribution in [3.63, 3.8) is 0 Å². The minimum absolute atomic E-state index is 0.0635. The van der Waals surface area contributed by atoms with Crippen LogP contribution in [0.1, 0.15) is 11.3 Å². The maximum absolute atomic E-state index is 12.2. The van der Waals surface area contributed by atoms with Crippen LogP contribution in [-0.4, -0.2) is 16.0 Å². The number of hydrogen-bond acceptors (Lipinski definition) is 4. The van der Waals surface area contributed by atoms with Gasteiger partial charge in [0, 0.05) is 28.7 Å². The number of rotatable bonds is 3. The molecular formula is C16H11ClN4O2. The first-order chi connectivity index (χ1) is 11.1. The number of nitrogens with zero attached hydrogens (tertiary/aromatic N) is 2. The highest BCUT2D eigenvalue weighted by molar-refractivity contribution is 6.36. The van der Waals surface area contributed by atoms with Crippen LogP contribution in [0.4, 0.5) is 5.82 Å². The first kappa shape index (κ1) is 14.9. The van der Waals surface area contributed by atoms with E-state index in [1.165, 1.54) is 6.08 Å². The van der Waals surface area contributed by atoms with E-state index in [1.54, 1.807) is 25.3 Å². The third-order valence-electron chi connectivity index (χ3n) is 3.22. The van der Waals surface area contributed by atoms with Crippen LogP contribution in [0.5, 0.6) is 0 Å². The summed E-state index contributed by atoms with van der Waals surface area (Å²) in [4.78, 5) is 15.2. The average Bonchev–Trinajstić information content (AvgIpc) is 3.12. The molecule has 3 rings (SSSR count).